The summed E-state index contributed by atoms with van der Waals surface area (Å²) < 4.78 is 21.9. The van der Waals surface area contributed by atoms with Crippen LogP contribution in [0.3, 0.4) is 0 Å². The minimum absolute atomic E-state index is 0.0376. The molecule has 0 aromatic rings. The quantitative estimate of drug-likeness (QED) is 0.0861. The summed E-state index contributed by atoms with van der Waals surface area (Å²) in [5.74, 6) is 1.25. The average molecular weight is 542 g/mol. The Bertz CT molecular complexity index is 585. The van der Waals surface area contributed by atoms with Crippen LogP contribution in [-0.2, 0) is 28.5 Å². The number of ether oxygens (including phenoxy) is 4. The van der Waals surface area contributed by atoms with Gasteiger partial charge in [-0.15, -0.1) is 0 Å². The third-order valence-electron chi connectivity index (χ3n) is 7.62. The number of hydrogen-bond acceptors (Lipinski definition) is 7. The van der Waals surface area contributed by atoms with E-state index in [1.54, 1.807) is 0 Å². The van der Waals surface area contributed by atoms with E-state index >= 15 is 0 Å². The van der Waals surface area contributed by atoms with Gasteiger partial charge in [0.25, 0.3) is 0 Å². The van der Waals surface area contributed by atoms with E-state index in [4.69, 9.17) is 14.2 Å². The van der Waals surface area contributed by atoms with Gasteiger partial charge in [-0.1, -0.05) is 71.1 Å². The Morgan fingerprint density at radius 1 is 0.737 bits per heavy atom. The van der Waals surface area contributed by atoms with E-state index < -0.39 is 0 Å². The lowest BCUT2D eigenvalue weighted by molar-refractivity contribution is -0.144. The van der Waals surface area contributed by atoms with Crippen molar-refractivity contribution in [2.45, 2.75) is 122 Å². The zero-order chi connectivity index (χ0) is 27.8. The van der Waals surface area contributed by atoms with Crippen LogP contribution < -0.4 is 0 Å². The van der Waals surface area contributed by atoms with E-state index in [1.165, 1.54) is 58.5 Å². The molecule has 1 aliphatic carbocycles. The minimum atomic E-state index is -0.131. The third-order valence-corrected chi connectivity index (χ3v) is 7.62. The average Bonchev–Trinajstić information content (AvgIpc) is 3.66. The van der Waals surface area contributed by atoms with Gasteiger partial charge in [-0.25, -0.2) is 0 Å². The molecule has 3 unspecified atom stereocenters. The van der Waals surface area contributed by atoms with Crippen molar-refractivity contribution in [2.75, 3.05) is 54.2 Å². The monoisotopic (exact) mass is 541 g/mol. The highest BCUT2D eigenvalue weighted by Gasteiger charge is 2.37. The third kappa shape index (κ3) is 19.8. The molecule has 224 valence electrons. The molecule has 0 radical (unpaired) electrons. The van der Waals surface area contributed by atoms with Gasteiger partial charge < -0.3 is 23.8 Å². The molecule has 7 nitrogen and oxygen atoms in total. The fraction of sp³-hybridized carbons (Fsp3) is 0.935. The van der Waals surface area contributed by atoms with Gasteiger partial charge in [0.05, 0.1) is 33.0 Å². The molecule has 0 amide bonds. The van der Waals surface area contributed by atoms with Crippen molar-refractivity contribution >= 4 is 11.9 Å². The fourth-order valence-corrected chi connectivity index (χ4v) is 4.69. The van der Waals surface area contributed by atoms with Crippen LogP contribution >= 0.6 is 0 Å². The predicted octanol–water partition coefficient (Wildman–Crippen LogP) is 6.56. The highest BCUT2D eigenvalue weighted by atomic mass is 16.5. The van der Waals surface area contributed by atoms with Gasteiger partial charge in [-0.2, -0.15) is 0 Å². The number of nitrogens with zero attached hydrogens (tertiary/aromatic N) is 1. The minimum Gasteiger partial charge on any atom is -0.469 e. The topological polar surface area (TPSA) is 74.3 Å². The summed E-state index contributed by atoms with van der Waals surface area (Å²) in [6.07, 6.45) is 18.5. The van der Waals surface area contributed by atoms with Crippen LogP contribution in [0.2, 0.25) is 0 Å². The normalized spacial score (nSPS) is 17.5. The van der Waals surface area contributed by atoms with Gasteiger partial charge in [0, 0.05) is 26.1 Å². The van der Waals surface area contributed by atoms with E-state index in [-0.39, 0.29) is 18.0 Å². The molecule has 3 atom stereocenters. The lowest BCUT2D eigenvalue weighted by Gasteiger charge is -2.24. The van der Waals surface area contributed by atoms with Crippen molar-refractivity contribution in [2.24, 2.45) is 11.8 Å². The van der Waals surface area contributed by atoms with Crippen molar-refractivity contribution in [3.05, 3.63) is 0 Å². The molecular formula is C31H59NO6. The van der Waals surface area contributed by atoms with Crippen LogP contribution in [0.5, 0.6) is 0 Å². The zero-order valence-electron chi connectivity index (χ0n) is 25.2. The Morgan fingerprint density at radius 3 is 1.92 bits per heavy atom. The summed E-state index contributed by atoms with van der Waals surface area (Å²) in [6, 6.07) is 0.233. The number of carbonyl (C=O) groups excluding carboxylic acids is 2. The van der Waals surface area contributed by atoms with E-state index in [9.17, 15) is 9.59 Å². The van der Waals surface area contributed by atoms with Gasteiger partial charge in [0.2, 0.25) is 0 Å². The lowest BCUT2D eigenvalue weighted by Crippen LogP contribution is -2.37. The maximum Gasteiger partial charge on any atom is 0.305 e. The van der Waals surface area contributed by atoms with Crippen LogP contribution in [-0.4, -0.2) is 77.1 Å². The Kier molecular flexibility index (Phi) is 21.7. The molecule has 1 rings (SSSR count). The first-order chi connectivity index (χ1) is 18.5. The van der Waals surface area contributed by atoms with Crippen molar-refractivity contribution in [1.82, 2.24) is 4.90 Å². The van der Waals surface area contributed by atoms with Crippen molar-refractivity contribution in [1.29, 1.82) is 0 Å². The van der Waals surface area contributed by atoms with Crippen LogP contribution in [0, 0.1) is 11.8 Å². The Hall–Kier alpha value is -1.18. The highest BCUT2D eigenvalue weighted by Crippen LogP contribution is 2.42. The van der Waals surface area contributed by atoms with E-state index in [0.29, 0.717) is 45.2 Å². The molecule has 1 saturated carbocycles. The molecular weight excluding hydrogens is 482 g/mol. The number of rotatable bonds is 27. The predicted molar refractivity (Wildman–Crippen MR) is 153 cm³/mol. The Morgan fingerprint density at radius 2 is 1.29 bits per heavy atom. The number of unbranched alkanes of at least 4 members (excludes halogenated alkanes) is 10. The van der Waals surface area contributed by atoms with E-state index in [0.717, 1.165) is 57.5 Å². The Labute approximate surface area is 233 Å². The molecule has 0 N–H and O–H groups in total. The van der Waals surface area contributed by atoms with Gasteiger partial charge >= 0.3 is 11.9 Å². The molecule has 0 aromatic carbocycles. The second-order valence-corrected chi connectivity index (χ2v) is 11.3. The summed E-state index contributed by atoms with van der Waals surface area (Å²) in [6.45, 7) is 5.64. The SMILES string of the molecule is CCCCCCCCC1CC1COC(=O)CCCCCOCC(COCCCCCCC(=O)OC)N(C)C. The first-order valence-electron chi connectivity index (χ1n) is 15.5. The summed E-state index contributed by atoms with van der Waals surface area (Å²) in [5.41, 5.74) is 0. The molecule has 1 fully saturated rings. The molecule has 0 aromatic heterocycles. The van der Waals surface area contributed by atoms with Gasteiger partial charge in [0.15, 0.2) is 0 Å². The molecule has 38 heavy (non-hydrogen) atoms. The van der Waals surface area contributed by atoms with Gasteiger partial charge in [0.1, 0.15) is 0 Å². The molecule has 0 heterocycles. The van der Waals surface area contributed by atoms with E-state index in [1.807, 2.05) is 14.1 Å². The van der Waals surface area contributed by atoms with Gasteiger partial charge in [-0.05, 0) is 58.0 Å². The zero-order valence-corrected chi connectivity index (χ0v) is 25.2. The number of hydrogen-bond donors (Lipinski definition) is 0. The second kappa shape index (κ2) is 23.7. The number of methoxy groups -OCH3 is 1. The standard InChI is InChI=1S/C31H59NO6/c1-5-6-7-8-9-13-18-27-23-28(27)24-38-31(34)20-15-12-17-22-37-26-29(32(2)3)25-36-21-16-11-10-14-19-30(33)35-4/h27-29H,5-26H2,1-4H3. The largest absolute Gasteiger partial charge is 0.469 e. The summed E-state index contributed by atoms with van der Waals surface area (Å²) in [5, 5.41) is 0. The summed E-state index contributed by atoms with van der Waals surface area (Å²) >= 11 is 0. The number of likely N-dealkylation sites (N-methyl/N-ethyl adjacent to an activating group) is 1. The van der Waals surface area contributed by atoms with Crippen LogP contribution in [0.15, 0.2) is 0 Å². The molecule has 0 bridgehead atoms. The molecule has 1 aliphatic rings. The van der Waals surface area contributed by atoms with Crippen LogP contribution in [0.25, 0.3) is 0 Å². The van der Waals surface area contributed by atoms with Crippen molar-refractivity contribution in [3.63, 3.8) is 0 Å². The van der Waals surface area contributed by atoms with Crippen molar-refractivity contribution in [3.8, 4) is 0 Å². The maximum atomic E-state index is 12.0. The first kappa shape index (κ1) is 34.8. The van der Waals surface area contributed by atoms with E-state index in [2.05, 4.69) is 16.6 Å². The summed E-state index contributed by atoms with van der Waals surface area (Å²) in [4.78, 5) is 25.3. The highest BCUT2D eigenvalue weighted by molar-refractivity contribution is 5.69. The van der Waals surface area contributed by atoms with Crippen molar-refractivity contribution < 1.29 is 28.5 Å². The molecule has 0 aliphatic heterocycles. The van der Waals surface area contributed by atoms with Crippen LogP contribution in [0.1, 0.15) is 116 Å². The molecule has 0 spiro atoms. The smallest absolute Gasteiger partial charge is 0.305 e. The van der Waals surface area contributed by atoms with Gasteiger partial charge in [-0.3, -0.25) is 9.59 Å². The Balaban J connectivity index is 1.91. The fourth-order valence-electron chi connectivity index (χ4n) is 4.69. The second-order valence-electron chi connectivity index (χ2n) is 11.3. The maximum absolute atomic E-state index is 12.0. The number of esters is 2. The summed E-state index contributed by atoms with van der Waals surface area (Å²) in [7, 11) is 5.53. The molecule has 0 saturated heterocycles. The van der Waals surface area contributed by atoms with Crippen LogP contribution in [0.4, 0.5) is 0 Å². The number of carbonyl (C=O) groups is 2. The first-order valence-corrected chi connectivity index (χ1v) is 15.5. The molecule has 7 heteroatoms. The lowest BCUT2D eigenvalue weighted by atomic mass is 10.1.